The van der Waals surface area contributed by atoms with E-state index in [-0.39, 0.29) is 35.8 Å². The Labute approximate surface area is 141 Å². The van der Waals surface area contributed by atoms with Crippen molar-refractivity contribution in [2.45, 2.75) is 39.8 Å². The third kappa shape index (κ3) is 4.22. The van der Waals surface area contributed by atoms with Crippen LogP contribution in [-0.2, 0) is 16.1 Å². The summed E-state index contributed by atoms with van der Waals surface area (Å²) in [6.45, 7) is 6.67. The molecule has 0 spiro atoms. The van der Waals surface area contributed by atoms with Crippen LogP contribution in [0.25, 0.3) is 0 Å². The summed E-state index contributed by atoms with van der Waals surface area (Å²) >= 11 is 5.88. The molecule has 126 valence electrons. The van der Waals surface area contributed by atoms with Gasteiger partial charge >= 0.3 is 0 Å². The minimum atomic E-state index is -0.502. The maximum absolute atomic E-state index is 13.5. The first-order valence-corrected chi connectivity index (χ1v) is 8.22. The molecule has 0 saturated carbocycles. The highest BCUT2D eigenvalue weighted by Crippen LogP contribution is 2.23. The van der Waals surface area contributed by atoms with Crippen molar-refractivity contribution in [2.24, 2.45) is 5.92 Å². The molecule has 1 aliphatic rings. The zero-order chi connectivity index (χ0) is 17.1. The summed E-state index contributed by atoms with van der Waals surface area (Å²) in [5.41, 5.74) is 0.592. The van der Waals surface area contributed by atoms with E-state index in [0.29, 0.717) is 18.5 Å². The molecular formula is C17H22ClFN2O2. The summed E-state index contributed by atoms with van der Waals surface area (Å²) in [7, 11) is 0. The van der Waals surface area contributed by atoms with Gasteiger partial charge in [-0.2, -0.15) is 0 Å². The molecule has 0 aliphatic carbocycles. The van der Waals surface area contributed by atoms with Crippen molar-refractivity contribution in [3.63, 3.8) is 0 Å². The van der Waals surface area contributed by atoms with Gasteiger partial charge in [0.2, 0.25) is 11.8 Å². The van der Waals surface area contributed by atoms with E-state index in [0.717, 1.165) is 0 Å². The Bertz CT molecular complexity index is 586. The fraction of sp³-hybridized carbons (Fsp3) is 0.529. The molecule has 1 saturated heterocycles. The molecule has 1 atom stereocenters. The molecule has 0 aromatic heterocycles. The standard InChI is InChI=1S/C17H22ClFN2O2/c1-4-20-10-16(22)21(15(17(20)23)5-11(2)3)9-12-6-13(18)8-14(19)7-12/h6-8,11,15H,4-5,9-10H2,1-3H3/t15-/m0/s1. The molecule has 1 aromatic carbocycles. The number of hydrogen-bond donors (Lipinski definition) is 0. The van der Waals surface area contributed by atoms with Gasteiger partial charge in [-0.15, -0.1) is 0 Å². The van der Waals surface area contributed by atoms with E-state index in [2.05, 4.69) is 0 Å². The predicted octanol–water partition coefficient (Wildman–Crippen LogP) is 3.08. The number of carbonyl (C=O) groups excluding carboxylic acids is 2. The molecule has 1 aliphatic heterocycles. The van der Waals surface area contributed by atoms with Crippen molar-refractivity contribution < 1.29 is 14.0 Å². The van der Waals surface area contributed by atoms with Crippen LogP contribution in [0.1, 0.15) is 32.8 Å². The quantitative estimate of drug-likeness (QED) is 0.826. The lowest BCUT2D eigenvalue weighted by Gasteiger charge is -2.40. The number of benzene rings is 1. The lowest BCUT2D eigenvalue weighted by Crippen LogP contribution is -2.59. The molecule has 0 bridgehead atoms. The largest absolute Gasteiger partial charge is 0.332 e. The normalized spacial score (nSPS) is 19.0. The fourth-order valence-corrected chi connectivity index (χ4v) is 3.13. The highest BCUT2D eigenvalue weighted by Gasteiger charge is 2.38. The van der Waals surface area contributed by atoms with E-state index in [4.69, 9.17) is 11.6 Å². The van der Waals surface area contributed by atoms with Crippen LogP contribution >= 0.6 is 11.6 Å². The van der Waals surface area contributed by atoms with Gasteiger partial charge in [-0.3, -0.25) is 9.59 Å². The van der Waals surface area contributed by atoms with Crippen LogP contribution in [-0.4, -0.2) is 40.7 Å². The molecule has 1 fully saturated rings. The second-order valence-electron chi connectivity index (χ2n) is 6.30. The maximum atomic E-state index is 13.5. The van der Waals surface area contributed by atoms with Crippen LogP contribution in [0.2, 0.25) is 5.02 Å². The second kappa shape index (κ2) is 7.30. The van der Waals surface area contributed by atoms with E-state index in [1.54, 1.807) is 15.9 Å². The number of nitrogens with zero attached hydrogens (tertiary/aromatic N) is 2. The van der Waals surface area contributed by atoms with Crippen molar-refractivity contribution in [1.29, 1.82) is 0 Å². The first-order chi connectivity index (χ1) is 10.8. The van der Waals surface area contributed by atoms with E-state index < -0.39 is 11.9 Å². The molecule has 23 heavy (non-hydrogen) atoms. The molecule has 0 N–H and O–H groups in total. The van der Waals surface area contributed by atoms with Crippen molar-refractivity contribution >= 4 is 23.4 Å². The van der Waals surface area contributed by atoms with Gasteiger partial charge in [0.1, 0.15) is 11.9 Å². The highest BCUT2D eigenvalue weighted by atomic mass is 35.5. The lowest BCUT2D eigenvalue weighted by molar-refractivity contribution is -0.157. The second-order valence-corrected chi connectivity index (χ2v) is 6.73. The van der Waals surface area contributed by atoms with Crippen molar-refractivity contribution in [3.8, 4) is 0 Å². The van der Waals surface area contributed by atoms with E-state index in [1.165, 1.54) is 12.1 Å². The summed E-state index contributed by atoms with van der Waals surface area (Å²) in [6, 6.07) is 3.69. The Morgan fingerprint density at radius 3 is 2.57 bits per heavy atom. The Morgan fingerprint density at radius 2 is 2.00 bits per heavy atom. The molecule has 6 heteroatoms. The Hall–Kier alpha value is -1.62. The monoisotopic (exact) mass is 340 g/mol. The minimum absolute atomic E-state index is 0.0386. The lowest BCUT2D eigenvalue weighted by atomic mass is 9.98. The van der Waals surface area contributed by atoms with Gasteiger partial charge in [0, 0.05) is 18.1 Å². The van der Waals surface area contributed by atoms with E-state index in [1.807, 2.05) is 20.8 Å². The SMILES string of the molecule is CCN1CC(=O)N(Cc2cc(F)cc(Cl)c2)[C@@H](CC(C)C)C1=O. The van der Waals surface area contributed by atoms with E-state index >= 15 is 0 Å². The van der Waals surface area contributed by atoms with E-state index in [9.17, 15) is 14.0 Å². The molecule has 1 aromatic rings. The minimum Gasteiger partial charge on any atom is -0.332 e. The third-order valence-electron chi connectivity index (χ3n) is 3.97. The molecule has 2 amide bonds. The zero-order valence-electron chi connectivity index (χ0n) is 13.7. The van der Waals surface area contributed by atoms with Gasteiger partial charge in [-0.05, 0) is 43.0 Å². The number of halogens is 2. The average molecular weight is 341 g/mol. The third-order valence-corrected chi connectivity index (χ3v) is 4.19. The van der Waals surface area contributed by atoms with Gasteiger partial charge in [0.25, 0.3) is 0 Å². The van der Waals surface area contributed by atoms with Crippen LogP contribution in [0.15, 0.2) is 18.2 Å². The van der Waals surface area contributed by atoms with Gasteiger partial charge in [-0.1, -0.05) is 25.4 Å². The van der Waals surface area contributed by atoms with Gasteiger partial charge in [0.05, 0.1) is 6.54 Å². The Kier molecular flexibility index (Phi) is 5.63. The number of piperazine rings is 1. The van der Waals surface area contributed by atoms with Crippen molar-refractivity contribution in [3.05, 3.63) is 34.6 Å². The summed E-state index contributed by atoms with van der Waals surface area (Å²) in [4.78, 5) is 28.2. The summed E-state index contributed by atoms with van der Waals surface area (Å²) < 4.78 is 13.5. The average Bonchev–Trinajstić information content (AvgIpc) is 2.45. The highest BCUT2D eigenvalue weighted by molar-refractivity contribution is 6.30. The first-order valence-electron chi connectivity index (χ1n) is 7.85. The van der Waals surface area contributed by atoms with Crippen molar-refractivity contribution in [1.82, 2.24) is 9.80 Å². The zero-order valence-corrected chi connectivity index (χ0v) is 14.4. The Balaban J connectivity index is 2.28. The molecule has 0 unspecified atom stereocenters. The van der Waals surface area contributed by atoms with Crippen LogP contribution in [0.5, 0.6) is 0 Å². The number of amides is 2. The topological polar surface area (TPSA) is 40.6 Å². The Morgan fingerprint density at radius 1 is 1.30 bits per heavy atom. The first kappa shape index (κ1) is 17.7. The van der Waals surface area contributed by atoms with Crippen LogP contribution in [0.4, 0.5) is 4.39 Å². The van der Waals surface area contributed by atoms with Crippen LogP contribution in [0, 0.1) is 11.7 Å². The van der Waals surface area contributed by atoms with Gasteiger partial charge < -0.3 is 9.80 Å². The summed E-state index contributed by atoms with van der Waals surface area (Å²) in [5.74, 6) is -0.327. The predicted molar refractivity (Wildman–Crippen MR) is 87.5 cm³/mol. The maximum Gasteiger partial charge on any atom is 0.245 e. The number of rotatable bonds is 5. The number of likely N-dealkylation sites (N-methyl/N-ethyl adjacent to an activating group) is 1. The molecule has 2 rings (SSSR count). The molecule has 1 heterocycles. The summed E-state index contributed by atoms with van der Waals surface area (Å²) in [5, 5.41) is 0.284. The fourth-order valence-electron chi connectivity index (χ4n) is 2.89. The van der Waals surface area contributed by atoms with Crippen LogP contribution < -0.4 is 0 Å². The molecular weight excluding hydrogens is 319 g/mol. The molecule has 0 radical (unpaired) electrons. The smallest absolute Gasteiger partial charge is 0.245 e. The van der Waals surface area contributed by atoms with Gasteiger partial charge in [-0.25, -0.2) is 4.39 Å². The number of hydrogen-bond acceptors (Lipinski definition) is 2. The van der Waals surface area contributed by atoms with Crippen LogP contribution in [0.3, 0.4) is 0 Å². The summed E-state index contributed by atoms with van der Waals surface area (Å²) in [6.07, 6.45) is 0.587. The number of carbonyl (C=O) groups is 2. The van der Waals surface area contributed by atoms with Crippen molar-refractivity contribution in [2.75, 3.05) is 13.1 Å². The molecule has 4 nitrogen and oxygen atoms in total. The van der Waals surface area contributed by atoms with Gasteiger partial charge in [0.15, 0.2) is 0 Å².